The fourth-order valence-corrected chi connectivity index (χ4v) is 2.32. The highest BCUT2D eigenvalue weighted by Crippen LogP contribution is 2.32. The summed E-state index contributed by atoms with van der Waals surface area (Å²) in [4.78, 5) is 14.4. The molecule has 1 aromatic carbocycles. The first-order valence-corrected chi connectivity index (χ1v) is 5.29. The van der Waals surface area contributed by atoms with Crippen LogP contribution in [-0.2, 0) is 4.79 Å². The van der Waals surface area contributed by atoms with Crippen molar-refractivity contribution in [2.45, 2.75) is 18.6 Å². The Hall–Kier alpha value is -1.81. The number of nitrogens with one attached hydrogen (secondary N) is 2. The van der Waals surface area contributed by atoms with Gasteiger partial charge in [-0.05, 0) is 11.6 Å². The maximum absolute atomic E-state index is 11.2. The number of carbonyl (C=O) groups excluding carboxylic acids is 1. The van der Waals surface area contributed by atoms with E-state index < -0.39 is 6.23 Å². The lowest BCUT2D eigenvalue weighted by Crippen LogP contribution is -2.27. The number of amides is 1. The molecule has 3 rings (SSSR count). The van der Waals surface area contributed by atoms with Crippen LogP contribution in [0.25, 0.3) is 10.9 Å². The summed E-state index contributed by atoms with van der Waals surface area (Å²) >= 11 is 0. The van der Waals surface area contributed by atoms with E-state index in [9.17, 15) is 9.90 Å². The lowest BCUT2D eigenvalue weighted by molar-refractivity contribution is -0.120. The van der Waals surface area contributed by atoms with E-state index in [0.29, 0.717) is 6.42 Å². The molecule has 1 unspecified atom stereocenters. The van der Waals surface area contributed by atoms with Crippen molar-refractivity contribution in [3.8, 4) is 0 Å². The standard InChI is InChI=1S/C12H12N2O2/c15-11-5-8(12(16)14-11)9-6-13-10-4-2-1-3-7(9)10/h1-4,6,8,12-13,16H,5H2,(H,14,15)/t8-,12?/m1/s1. The van der Waals surface area contributed by atoms with Crippen molar-refractivity contribution in [1.82, 2.24) is 10.3 Å². The van der Waals surface area contributed by atoms with Crippen molar-refractivity contribution >= 4 is 16.8 Å². The molecule has 16 heavy (non-hydrogen) atoms. The number of fused-ring (bicyclic) bond motifs is 1. The molecular formula is C12H12N2O2. The molecule has 1 aliphatic heterocycles. The molecule has 0 bridgehead atoms. The van der Waals surface area contributed by atoms with Crippen LogP contribution in [0, 0.1) is 0 Å². The third kappa shape index (κ3) is 1.31. The maximum Gasteiger partial charge on any atom is 0.222 e. The fraction of sp³-hybridized carbons (Fsp3) is 0.250. The lowest BCUT2D eigenvalue weighted by Gasteiger charge is -2.11. The molecule has 2 aromatic rings. The summed E-state index contributed by atoms with van der Waals surface area (Å²) in [5, 5.41) is 13.3. The number of H-pyrrole nitrogens is 1. The highest BCUT2D eigenvalue weighted by Gasteiger charge is 2.33. The number of hydrogen-bond acceptors (Lipinski definition) is 2. The van der Waals surface area contributed by atoms with Crippen LogP contribution in [0.4, 0.5) is 0 Å². The molecule has 4 heteroatoms. The van der Waals surface area contributed by atoms with E-state index in [0.717, 1.165) is 16.5 Å². The number of para-hydroxylation sites is 1. The van der Waals surface area contributed by atoms with Gasteiger partial charge in [-0.15, -0.1) is 0 Å². The second-order valence-corrected chi connectivity index (χ2v) is 4.11. The van der Waals surface area contributed by atoms with Gasteiger partial charge in [-0.25, -0.2) is 0 Å². The van der Waals surface area contributed by atoms with E-state index >= 15 is 0 Å². The van der Waals surface area contributed by atoms with Crippen LogP contribution in [0.3, 0.4) is 0 Å². The number of aromatic nitrogens is 1. The van der Waals surface area contributed by atoms with Crippen LogP contribution >= 0.6 is 0 Å². The van der Waals surface area contributed by atoms with Crippen molar-refractivity contribution in [2.24, 2.45) is 0 Å². The molecule has 1 fully saturated rings. The number of benzene rings is 1. The zero-order valence-corrected chi connectivity index (χ0v) is 8.60. The second kappa shape index (κ2) is 3.35. The Labute approximate surface area is 92.3 Å². The van der Waals surface area contributed by atoms with Gasteiger partial charge in [0, 0.05) is 29.4 Å². The zero-order chi connectivity index (χ0) is 11.1. The fourth-order valence-electron chi connectivity index (χ4n) is 2.32. The van der Waals surface area contributed by atoms with Gasteiger partial charge in [-0.1, -0.05) is 18.2 Å². The SMILES string of the molecule is O=C1C[C@H](c2c[nH]c3ccccc23)C(O)N1. The topological polar surface area (TPSA) is 65.1 Å². The number of aliphatic hydroxyl groups is 1. The lowest BCUT2D eigenvalue weighted by atomic mass is 9.96. The molecule has 82 valence electrons. The number of carbonyl (C=O) groups is 1. The predicted octanol–water partition coefficient (Wildman–Crippen LogP) is 1.09. The third-order valence-corrected chi connectivity index (χ3v) is 3.12. The third-order valence-electron chi connectivity index (χ3n) is 3.12. The largest absolute Gasteiger partial charge is 0.373 e. The highest BCUT2D eigenvalue weighted by molar-refractivity contribution is 5.86. The van der Waals surface area contributed by atoms with E-state index in [2.05, 4.69) is 10.3 Å². The van der Waals surface area contributed by atoms with E-state index in [-0.39, 0.29) is 11.8 Å². The van der Waals surface area contributed by atoms with Gasteiger partial charge in [0.1, 0.15) is 6.23 Å². The van der Waals surface area contributed by atoms with Crippen LogP contribution in [0.5, 0.6) is 0 Å². The van der Waals surface area contributed by atoms with Gasteiger partial charge in [-0.2, -0.15) is 0 Å². The second-order valence-electron chi connectivity index (χ2n) is 4.11. The molecule has 1 aromatic heterocycles. The molecule has 0 saturated carbocycles. The van der Waals surface area contributed by atoms with Gasteiger partial charge < -0.3 is 15.4 Å². The summed E-state index contributed by atoms with van der Waals surface area (Å²) in [5.74, 6) is -0.244. The van der Waals surface area contributed by atoms with Crippen LogP contribution in [0.15, 0.2) is 30.5 Å². The minimum absolute atomic E-state index is 0.0946. The molecule has 0 radical (unpaired) electrons. The van der Waals surface area contributed by atoms with Crippen molar-refractivity contribution in [2.75, 3.05) is 0 Å². The predicted molar refractivity (Wildman–Crippen MR) is 59.8 cm³/mol. The van der Waals surface area contributed by atoms with Crippen molar-refractivity contribution in [3.05, 3.63) is 36.0 Å². The minimum Gasteiger partial charge on any atom is -0.373 e. The van der Waals surface area contributed by atoms with E-state index in [4.69, 9.17) is 0 Å². The number of aliphatic hydroxyl groups excluding tert-OH is 1. The van der Waals surface area contributed by atoms with E-state index in [1.807, 2.05) is 30.5 Å². The summed E-state index contributed by atoms with van der Waals surface area (Å²) < 4.78 is 0. The first-order chi connectivity index (χ1) is 7.75. The summed E-state index contributed by atoms with van der Waals surface area (Å²) in [6.07, 6.45) is 1.45. The number of aromatic amines is 1. The summed E-state index contributed by atoms with van der Waals surface area (Å²) in [6.45, 7) is 0. The Balaban J connectivity index is 2.09. The van der Waals surface area contributed by atoms with E-state index in [1.54, 1.807) is 0 Å². The Morgan fingerprint density at radius 3 is 2.88 bits per heavy atom. The molecule has 1 saturated heterocycles. The van der Waals surface area contributed by atoms with Gasteiger partial charge >= 0.3 is 0 Å². The Morgan fingerprint density at radius 1 is 1.31 bits per heavy atom. The van der Waals surface area contributed by atoms with Crippen LogP contribution in [-0.4, -0.2) is 22.2 Å². The quantitative estimate of drug-likeness (QED) is 0.668. The molecule has 0 spiro atoms. The number of rotatable bonds is 1. The van der Waals surface area contributed by atoms with Crippen molar-refractivity contribution in [3.63, 3.8) is 0 Å². The van der Waals surface area contributed by atoms with Crippen molar-refractivity contribution in [1.29, 1.82) is 0 Å². The molecule has 1 amide bonds. The number of hydrogen-bond donors (Lipinski definition) is 3. The minimum atomic E-state index is -0.772. The van der Waals surface area contributed by atoms with Gasteiger partial charge in [0.15, 0.2) is 0 Å². The molecule has 3 N–H and O–H groups in total. The summed E-state index contributed by atoms with van der Waals surface area (Å²) in [6, 6.07) is 7.89. The Kier molecular flexibility index (Phi) is 1.97. The molecule has 2 heterocycles. The average molecular weight is 216 g/mol. The Morgan fingerprint density at radius 2 is 2.12 bits per heavy atom. The van der Waals surface area contributed by atoms with Crippen LogP contribution < -0.4 is 5.32 Å². The van der Waals surface area contributed by atoms with Gasteiger partial charge in [0.2, 0.25) is 5.91 Å². The van der Waals surface area contributed by atoms with E-state index in [1.165, 1.54) is 0 Å². The van der Waals surface area contributed by atoms with Crippen molar-refractivity contribution < 1.29 is 9.90 Å². The molecular weight excluding hydrogens is 204 g/mol. The van der Waals surface area contributed by atoms with Gasteiger partial charge in [0.05, 0.1) is 0 Å². The van der Waals surface area contributed by atoms with Gasteiger partial charge in [0.25, 0.3) is 0 Å². The zero-order valence-electron chi connectivity index (χ0n) is 8.60. The average Bonchev–Trinajstić information content (AvgIpc) is 2.81. The normalized spacial score (nSPS) is 24.9. The first kappa shape index (κ1) is 9.42. The van der Waals surface area contributed by atoms with Crippen LogP contribution in [0.1, 0.15) is 17.9 Å². The molecule has 2 atom stereocenters. The molecule has 1 aliphatic rings. The van der Waals surface area contributed by atoms with Crippen LogP contribution in [0.2, 0.25) is 0 Å². The first-order valence-electron chi connectivity index (χ1n) is 5.29. The maximum atomic E-state index is 11.2. The van der Waals surface area contributed by atoms with Gasteiger partial charge in [-0.3, -0.25) is 4.79 Å². The molecule has 4 nitrogen and oxygen atoms in total. The smallest absolute Gasteiger partial charge is 0.222 e. The highest BCUT2D eigenvalue weighted by atomic mass is 16.3. The Bertz CT molecular complexity index is 547. The molecule has 0 aliphatic carbocycles. The summed E-state index contributed by atoms with van der Waals surface area (Å²) in [7, 11) is 0. The monoisotopic (exact) mass is 216 g/mol. The summed E-state index contributed by atoms with van der Waals surface area (Å²) in [5.41, 5.74) is 2.03.